The van der Waals surface area contributed by atoms with Gasteiger partial charge in [-0.15, -0.1) is 0 Å². The van der Waals surface area contributed by atoms with Gasteiger partial charge in [-0.1, -0.05) is 26.7 Å². The van der Waals surface area contributed by atoms with Gasteiger partial charge < -0.3 is 0 Å². The van der Waals surface area contributed by atoms with Crippen LogP contribution in [-0.2, 0) is 0 Å². The minimum Gasteiger partial charge on any atom is -0.264 e. The van der Waals surface area contributed by atoms with Gasteiger partial charge in [-0.2, -0.15) is 0 Å². The first-order valence-corrected chi connectivity index (χ1v) is 4.65. The highest BCUT2D eigenvalue weighted by molar-refractivity contribution is 4.57. The van der Waals surface area contributed by atoms with E-state index in [-0.39, 0.29) is 11.0 Å². The minimum atomic E-state index is -0.327. The Balaban J connectivity index is 3.62. The molecule has 0 bridgehead atoms. The fourth-order valence-electron chi connectivity index (χ4n) is 1.17. The van der Waals surface area contributed by atoms with E-state index in [4.69, 9.17) is 0 Å². The van der Waals surface area contributed by atoms with Gasteiger partial charge in [0, 0.05) is 17.8 Å². The number of nitrogens with zero attached hydrogens (tertiary/aromatic N) is 1. The summed E-state index contributed by atoms with van der Waals surface area (Å²) in [6.45, 7) is 5.73. The van der Waals surface area contributed by atoms with Gasteiger partial charge in [-0.25, -0.2) is 0 Å². The van der Waals surface area contributed by atoms with Crippen molar-refractivity contribution in [3.05, 3.63) is 17.0 Å². The lowest BCUT2D eigenvalue weighted by molar-refractivity contribution is -0.524. The summed E-state index contributed by atoms with van der Waals surface area (Å²) in [5.41, 5.74) is 0. The van der Waals surface area contributed by atoms with E-state index in [9.17, 15) is 10.1 Å². The Bertz CT molecular complexity index is 118. The zero-order valence-electron chi connectivity index (χ0n) is 7.79. The number of hydrogen-bond acceptors (Lipinski definition) is 2. The summed E-state index contributed by atoms with van der Waals surface area (Å²) in [4.78, 5) is 10.3. The highest BCUT2D eigenvalue weighted by atomic mass is 16.6. The molecular formula is C9H18NO2. The molecule has 1 unspecified atom stereocenters. The van der Waals surface area contributed by atoms with Crippen LogP contribution < -0.4 is 0 Å². The van der Waals surface area contributed by atoms with Crippen LogP contribution in [0.15, 0.2) is 0 Å². The molecule has 0 saturated carbocycles. The summed E-state index contributed by atoms with van der Waals surface area (Å²) in [5.74, 6) is 0. The monoisotopic (exact) mass is 172 g/mol. The second-order valence-corrected chi connectivity index (χ2v) is 3.08. The summed E-state index contributed by atoms with van der Waals surface area (Å²) in [6, 6.07) is -0.327. The topological polar surface area (TPSA) is 43.1 Å². The fourth-order valence-corrected chi connectivity index (χ4v) is 1.17. The van der Waals surface area contributed by atoms with Crippen LogP contribution in [0.1, 0.15) is 45.4 Å². The lowest BCUT2D eigenvalue weighted by Gasteiger charge is -2.07. The van der Waals surface area contributed by atoms with Crippen molar-refractivity contribution in [3.63, 3.8) is 0 Å². The minimum absolute atomic E-state index is 0.147. The average molecular weight is 172 g/mol. The molecule has 1 atom stereocenters. The molecule has 0 aliphatic rings. The second kappa shape index (κ2) is 7.07. The van der Waals surface area contributed by atoms with Crippen molar-refractivity contribution in [1.82, 2.24) is 0 Å². The van der Waals surface area contributed by atoms with Crippen LogP contribution in [0.3, 0.4) is 0 Å². The molecule has 0 aromatic heterocycles. The Labute approximate surface area is 74.3 Å². The average Bonchev–Trinajstić information content (AvgIpc) is 2.04. The van der Waals surface area contributed by atoms with Gasteiger partial charge in [-0.3, -0.25) is 10.1 Å². The van der Waals surface area contributed by atoms with Crippen LogP contribution in [0.25, 0.3) is 0 Å². The van der Waals surface area contributed by atoms with Crippen LogP contribution in [-0.4, -0.2) is 11.0 Å². The Morgan fingerprint density at radius 3 is 2.42 bits per heavy atom. The third kappa shape index (κ3) is 5.10. The number of unbranched alkanes of at least 4 members (excludes halogenated alkanes) is 2. The molecular weight excluding hydrogens is 154 g/mol. The van der Waals surface area contributed by atoms with Crippen molar-refractivity contribution < 1.29 is 4.92 Å². The molecule has 0 N–H and O–H groups in total. The first-order valence-electron chi connectivity index (χ1n) is 4.65. The summed E-state index contributed by atoms with van der Waals surface area (Å²) >= 11 is 0. The van der Waals surface area contributed by atoms with Crippen molar-refractivity contribution in [2.45, 2.75) is 51.5 Å². The normalized spacial score (nSPS) is 10.6. The molecule has 0 fully saturated rings. The van der Waals surface area contributed by atoms with Crippen molar-refractivity contribution >= 4 is 0 Å². The molecule has 0 saturated heterocycles. The van der Waals surface area contributed by atoms with Gasteiger partial charge in [0.2, 0.25) is 6.04 Å². The third-order valence-electron chi connectivity index (χ3n) is 1.98. The van der Waals surface area contributed by atoms with Gasteiger partial charge in [-0.05, 0) is 12.8 Å². The molecule has 0 amide bonds. The molecule has 0 spiro atoms. The lowest BCUT2D eigenvalue weighted by Crippen LogP contribution is -2.18. The second-order valence-electron chi connectivity index (χ2n) is 3.08. The van der Waals surface area contributed by atoms with E-state index in [0.717, 1.165) is 32.1 Å². The summed E-state index contributed by atoms with van der Waals surface area (Å²) < 4.78 is 0. The van der Waals surface area contributed by atoms with E-state index in [1.54, 1.807) is 0 Å². The van der Waals surface area contributed by atoms with Crippen LogP contribution in [0.4, 0.5) is 0 Å². The molecule has 12 heavy (non-hydrogen) atoms. The van der Waals surface area contributed by atoms with E-state index < -0.39 is 0 Å². The Morgan fingerprint density at radius 1 is 1.42 bits per heavy atom. The van der Waals surface area contributed by atoms with E-state index in [1.165, 1.54) is 0 Å². The van der Waals surface area contributed by atoms with Crippen LogP contribution in [0, 0.1) is 17.0 Å². The number of rotatable bonds is 7. The first-order chi connectivity index (χ1) is 5.72. The number of hydrogen-bond donors (Lipinski definition) is 0. The summed E-state index contributed by atoms with van der Waals surface area (Å²) in [5, 5.41) is 10.5. The number of nitro groups is 1. The first kappa shape index (κ1) is 11.4. The van der Waals surface area contributed by atoms with E-state index in [2.05, 4.69) is 13.8 Å². The molecule has 0 aromatic carbocycles. The van der Waals surface area contributed by atoms with E-state index in [0.29, 0.717) is 6.42 Å². The molecule has 0 aromatic rings. The predicted octanol–water partition coefficient (Wildman–Crippen LogP) is 2.83. The van der Waals surface area contributed by atoms with E-state index in [1.807, 2.05) is 0 Å². The Morgan fingerprint density at radius 2 is 2.00 bits per heavy atom. The molecule has 0 aliphatic heterocycles. The lowest BCUT2D eigenvalue weighted by atomic mass is 10.0. The van der Waals surface area contributed by atoms with Gasteiger partial charge in [0.15, 0.2) is 0 Å². The maximum Gasteiger partial charge on any atom is 0.213 e. The van der Waals surface area contributed by atoms with Crippen LogP contribution >= 0.6 is 0 Å². The van der Waals surface area contributed by atoms with Crippen molar-refractivity contribution in [2.75, 3.05) is 0 Å². The zero-order valence-corrected chi connectivity index (χ0v) is 7.79. The fraction of sp³-hybridized carbons (Fsp3) is 0.889. The molecule has 0 heterocycles. The standard InChI is InChI=1S/C9H18NO2/c1-3-5-7-9(10(11)12)8-6-4-2/h9H,1,3-8H2,2H3. The maximum absolute atomic E-state index is 10.5. The summed E-state index contributed by atoms with van der Waals surface area (Å²) in [6.07, 6.45) is 5.09. The molecule has 3 heteroatoms. The zero-order chi connectivity index (χ0) is 9.40. The van der Waals surface area contributed by atoms with Gasteiger partial charge in [0.05, 0.1) is 0 Å². The van der Waals surface area contributed by atoms with Gasteiger partial charge >= 0.3 is 0 Å². The van der Waals surface area contributed by atoms with Gasteiger partial charge in [0.1, 0.15) is 0 Å². The molecule has 71 valence electrons. The predicted molar refractivity (Wildman–Crippen MR) is 49.5 cm³/mol. The Hall–Kier alpha value is -0.600. The summed E-state index contributed by atoms with van der Waals surface area (Å²) in [7, 11) is 0. The highest BCUT2D eigenvalue weighted by Gasteiger charge is 2.17. The van der Waals surface area contributed by atoms with Crippen molar-refractivity contribution in [2.24, 2.45) is 0 Å². The van der Waals surface area contributed by atoms with Crippen LogP contribution in [0.2, 0.25) is 0 Å². The highest BCUT2D eigenvalue weighted by Crippen LogP contribution is 2.10. The quantitative estimate of drug-likeness (QED) is 0.437. The van der Waals surface area contributed by atoms with Crippen molar-refractivity contribution in [1.29, 1.82) is 0 Å². The van der Waals surface area contributed by atoms with Crippen molar-refractivity contribution in [3.8, 4) is 0 Å². The Kier molecular flexibility index (Phi) is 6.72. The van der Waals surface area contributed by atoms with Crippen LogP contribution in [0.5, 0.6) is 0 Å². The molecule has 0 aliphatic carbocycles. The largest absolute Gasteiger partial charge is 0.264 e. The molecule has 0 rings (SSSR count). The maximum atomic E-state index is 10.5. The smallest absolute Gasteiger partial charge is 0.213 e. The molecule has 1 radical (unpaired) electrons. The SMILES string of the molecule is [CH2]CCCC(CCCC)[N+](=O)[O-]. The van der Waals surface area contributed by atoms with Gasteiger partial charge in [0.25, 0.3) is 0 Å². The molecule has 3 nitrogen and oxygen atoms in total. The van der Waals surface area contributed by atoms with E-state index >= 15 is 0 Å². The third-order valence-corrected chi connectivity index (χ3v) is 1.98.